The van der Waals surface area contributed by atoms with Crippen LogP contribution in [0.5, 0.6) is 0 Å². The molecule has 4 heteroatoms. The molecular formula is C15H17Cl2NS. The molecule has 0 amide bonds. The Morgan fingerprint density at radius 3 is 2.95 bits per heavy atom. The molecule has 0 atom stereocenters. The molecule has 0 N–H and O–H groups in total. The van der Waals surface area contributed by atoms with Crippen LogP contribution in [0.1, 0.15) is 22.4 Å². The minimum Gasteiger partial charge on any atom is -0.302 e. The highest BCUT2D eigenvalue weighted by Crippen LogP contribution is 2.39. The van der Waals surface area contributed by atoms with Crippen molar-refractivity contribution in [3.8, 4) is 0 Å². The van der Waals surface area contributed by atoms with E-state index in [9.17, 15) is 0 Å². The summed E-state index contributed by atoms with van der Waals surface area (Å²) in [5, 5.41) is 2.34. The van der Waals surface area contributed by atoms with Crippen LogP contribution in [0.3, 0.4) is 0 Å². The van der Waals surface area contributed by atoms with E-state index in [4.69, 9.17) is 23.2 Å². The van der Waals surface area contributed by atoms with E-state index in [1.165, 1.54) is 26.1 Å². The summed E-state index contributed by atoms with van der Waals surface area (Å²) < 4.78 is 1.38. The molecule has 2 heterocycles. The highest BCUT2D eigenvalue weighted by atomic mass is 35.5. The van der Waals surface area contributed by atoms with Crippen LogP contribution in [0, 0.1) is 0 Å². The molecule has 1 aromatic carbocycles. The van der Waals surface area contributed by atoms with Gasteiger partial charge in [0.1, 0.15) is 0 Å². The van der Waals surface area contributed by atoms with Crippen LogP contribution in [-0.2, 0) is 19.4 Å². The van der Waals surface area contributed by atoms with Crippen molar-refractivity contribution in [1.29, 1.82) is 0 Å². The van der Waals surface area contributed by atoms with Gasteiger partial charge in [0.15, 0.2) is 0 Å². The standard InChI is InChI=1S/C15H17Cl2NS/c1-18-8-6-10-12(17)4-5-14-15(10)11(9-18)13(19-14)3-2-7-16/h4-5H,2-3,6-9H2,1H3. The largest absolute Gasteiger partial charge is 0.302 e. The smallest absolute Gasteiger partial charge is 0.0445 e. The van der Waals surface area contributed by atoms with E-state index < -0.39 is 0 Å². The molecule has 0 spiro atoms. The molecule has 2 aromatic rings. The predicted octanol–water partition coefficient (Wildman–Crippen LogP) is 4.71. The molecule has 102 valence electrons. The molecule has 1 aliphatic rings. The Bertz CT molecular complexity index is 606. The number of halogens is 2. The summed E-state index contributed by atoms with van der Waals surface area (Å²) in [5.74, 6) is 0.733. The minimum absolute atomic E-state index is 0.733. The summed E-state index contributed by atoms with van der Waals surface area (Å²) in [4.78, 5) is 3.88. The van der Waals surface area contributed by atoms with Gasteiger partial charge in [0, 0.05) is 39.0 Å². The molecule has 0 bridgehead atoms. The number of aryl methyl sites for hydroxylation is 1. The average molecular weight is 314 g/mol. The minimum atomic E-state index is 0.733. The maximum absolute atomic E-state index is 6.41. The number of hydrogen-bond acceptors (Lipinski definition) is 2. The number of rotatable bonds is 3. The topological polar surface area (TPSA) is 3.24 Å². The molecule has 0 unspecified atom stereocenters. The number of likely N-dealkylation sites (N-methyl/N-ethyl adjacent to an activating group) is 1. The van der Waals surface area contributed by atoms with Crippen molar-refractivity contribution in [2.24, 2.45) is 0 Å². The first-order valence-electron chi connectivity index (χ1n) is 6.67. The van der Waals surface area contributed by atoms with E-state index >= 15 is 0 Å². The lowest BCUT2D eigenvalue weighted by Crippen LogP contribution is -2.19. The van der Waals surface area contributed by atoms with Crippen molar-refractivity contribution in [3.63, 3.8) is 0 Å². The van der Waals surface area contributed by atoms with Crippen LogP contribution in [0.4, 0.5) is 0 Å². The third-order valence-electron chi connectivity index (χ3n) is 3.80. The Balaban J connectivity index is 2.18. The molecule has 1 nitrogen and oxygen atoms in total. The van der Waals surface area contributed by atoms with Gasteiger partial charge in [-0.1, -0.05) is 11.6 Å². The van der Waals surface area contributed by atoms with Gasteiger partial charge in [-0.3, -0.25) is 0 Å². The molecule has 1 aromatic heterocycles. The fourth-order valence-electron chi connectivity index (χ4n) is 2.84. The number of nitrogens with zero attached hydrogens (tertiary/aromatic N) is 1. The third-order valence-corrected chi connectivity index (χ3v) is 5.68. The van der Waals surface area contributed by atoms with Crippen molar-refractivity contribution in [3.05, 3.63) is 33.2 Å². The first-order valence-corrected chi connectivity index (χ1v) is 8.39. The first-order chi connectivity index (χ1) is 9.20. The molecular weight excluding hydrogens is 297 g/mol. The Hall–Kier alpha value is -0.280. The molecule has 3 rings (SSSR count). The average Bonchev–Trinajstić information content (AvgIpc) is 2.62. The van der Waals surface area contributed by atoms with Gasteiger partial charge in [0.2, 0.25) is 0 Å². The normalized spacial score (nSPS) is 15.9. The molecule has 0 fully saturated rings. The summed E-state index contributed by atoms with van der Waals surface area (Å²) in [6.45, 7) is 2.11. The lowest BCUT2D eigenvalue weighted by Gasteiger charge is -2.13. The lowest BCUT2D eigenvalue weighted by atomic mass is 10.0. The fourth-order valence-corrected chi connectivity index (χ4v) is 4.51. The van der Waals surface area contributed by atoms with Gasteiger partial charge < -0.3 is 4.90 Å². The summed E-state index contributed by atoms with van der Waals surface area (Å²) in [6, 6.07) is 4.22. The molecule has 19 heavy (non-hydrogen) atoms. The monoisotopic (exact) mass is 313 g/mol. The number of hydrogen-bond donors (Lipinski definition) is 0. The van der Waals surface area contributed by atoms with Crippen molar-refractivity contribution in [2.45, 2.75) is 25.8 Å². The van der Waals surface area contributed by atoms with Crippen molar-refractivity contribution >= 4 is 44.6 Å². The zero-order valence-corrected chi connectivity index (χ0v) is 13.3. The zero-order valence-electron chi connectivity index (χ0n) is 11.0. The highest BCUT2D eigenvalue weighted by molar-refractivity contribution is 7.19. The van der Waals surface area contributed by atoms with Gasteiger partial charge in [0.05, 0.1) is 0 Å². The quantitative estimate of drug-likeness (QED) is 0.741. The second kappa shape index (κ2) is 5.61. The van der Waals surface area contributed by atoms with Crippen LogP contribution in [-0.4, -0.2) is 24.4 Å². The fraction of sp³-hybridized carbons (Fsp3) is 0.467. The summed E-state index contributed by atoms with van der Waals surface area (Å²) >= 11 is 14.2. The first kappa shape index (κ1) is 13.7. The van der Waals surface area contributed by atoms with E-state index in [-0.39, 0.29) is 0 Å². The second-order valence-electron chi connectivity index (χ2n) is 5.18. The maximum atomic E-state index is 6.41. The van der Waals surface area contributed by atoms with E-state index in [1.807, 2.05) is 11.3 Å². The molecule has 0 aliphatic carbocycles. The highest BCUT2D eigenvalue weighted by Gasteiger charge is 2.21. The van der Waals surface area contributed by atoms with Crippen molar-refractivity contribution in [1.82, 2.24) is 4.90 Å². The van der Waals surface area contributed by atoms with Gasteiger partial charge in [-0.2, -0.15) is 0 Å². The van der Waals surface area contributed by atoms with Crippen LogP contribution in [0.15, 0.2) is 12.1 Å². The van der Waals surface area contributed by atoms with Crippen LogP contribution >= 0.6 is 34.5 Å². The van der Waals surface area contributed by atoms with Crippen molar-refractivity contribution in [2.75, 3.05) is 19.5 Å². The lowest BCUT2D eigenvalue weighted by molar-refractivity contribution is 0.336. The van der Waals surface area contributed by atoms with E-state index in [2.05, 4.69) is 24.1 Å². The van der Waals surface area contributed by atoms with Gasteiger partial charge in [-0.15, -0.1) is 22.9 Å². The van der Waals surface area contributed by atoms with Gasteiger partial charge >= 0.3 is 0 Å². The van der Waals surface area contributed by atoms with Crippen LogP contribution < -0.4 is 0 Å². The Morgan fingerprint density at radius 2 is 2.16 bits per heavy atom. The molecule has 1 aliphatic heterocycles. The number of benzene rings is 1. The van der Waals surface area contributed by atoms with E-state index in [1.54, 1.807) is 0 Å². The summed E-state index contributed by atoms with van der Waals surface area (Å²) in [6.07, 6.45) is 3.18. The maximum Gasteiger partial charge on any atom is 0.0445 e. The Kier molecular flexibility index (Phi) is 4.04. The summed E-state index contributed by atoms with van der Waals surface area (Å²) in [7, 11) is 2.19. The third kappa shape index (κ3) is 2.52. The Labute approximate surface area is 128 Å². The van der Waals surface area contributed by atoms with Gasteiger partial charge in [-0.05, 0) is 49.6 Å². The second-order valence-corrected chi connectivity index (χ2v) is 7.11. The van der Waals surface area contributed by atoms with Crippen LogP contribution in [0.2, 0.25) is 5.02 Å². The molecule has 0 radical (unpaired) electrons. The zero-order chi connectivity index (χ0) is 13.4. The number of alkyl halides is 1. The number of thiophene rings is 1. The molecule has 0 saturated heterocycles. The summed E-state index contributed by atoms with van der Waals surface area (Å²) in [5.41, 5.74) is 2.83. The van der Waals surface area contributed by atoms with Crippen LogP contribution in [0.25, 0.3) is 10.1 Å². The van der Waals surface area contributed by atoms with Gasteiger partial charge in [0.25, 0.3) is 0 Å². The SMILES string of the molecule is CN1CCc2c(Cl)ccc3sc(CCCCl)c(c23)C1. The van der Waals surface area contributed by atoms with Crippen molar-refractivity contribution < 1.29 is 0 Å². The van der Waals surface area contributed by atoms with E-state index in [0.717, 1.165) is 43.3 Å². The predicted molar refractivity (Wildman–Crippen MR) is 85.9 cm³/mol. The Morgan fingerprint density at radius 1 is 1.32 bits per heavy atom. The van der Waals surface area contributed by atoms with Gasteiger partial charge in [-0.25, -0.2) is 0 Å². The van der Waals surface area contributed by atoms with E-state index in [0.29, 0.717) is 0 Å². The molecule has 0 saturated carbocycles.